The Bertz CT molecular complexity index is 619. The van der Waals surface area contributed by atoms with Crippen molar-refractivity contribution in [3.8, 4) is 0 Å². The number of carbonyl (C=O) groups is 2. The molecule has 2 unspecified atom stereocenters. The lowest BCUT2D eigenvalue weighted by molar-refractivity contribution is -0.121. The van der Waals surface area contributed by atoms with Crippen molar-refractivity contribution in [3.63, 3.8) is 0 Å². The molecule has 2 atom stereocenters. The smallest absolute Gasteiger partial charge is 0.412 e. The zero-order valence-corrected chi connectivity index (χ0v) is 19.6. The number of hydrogen-bond donors (Lipinski definition) is 3. The minimum atomic E-state index is -0.794. The molecule has 0 aromatic rings. The highest BCUT2D eigenvalue weighted by Gasteiger charge is 2.49. The summed E-state index contributed by atoms with van der Waals surface area (Å²) in [5.74, 6) is 0.338. The van der Waals surface area contributed by atoms with Crippen molar-refractivity contribution < 1.29 is 19.1 Å². The number of rotatable bonds is 4. The van der Waals surface area contributed by atoms with Crippen LogP contribution in [0.4, 0.5) is 4.79 Å². The van der Waals surface area contributed by atoms with Gasteiger partial charge >= 0.3 is 6.09 Å². The van der Waals surface area contributed by atoms with Gasteiger partial charge in [-0.3, -0.25) is 14.7 Å². The van der Waals surface area contributed by atoms with Gasteiger partial charge in [-0.25, -0.2) is 4.79 Å². The van der Waals surface area contributed by atoms with Gasteiger partial charge in [0.1, 0.15) is 11.3 Å². The Labute approximate surface area is 175 Å². The van der Waals surface area contributed by atoms with Gasteiger partial charge in [-0.2, -0.15) is 0 Å². The maximum absolute atomic E-state index is 12.8. The minimum Gasteiger partial charge on any atom is -0.444 e. The molecule has 2 amide bonds. The summed E-state index contributed by atoms with van der Waals surface area (Å²) in [5.41, 5.74) is -1.70. The fourth-order valence-corrected chi connectivity index (χ4v) is 3.17. The first-order valence-electron chi connectivity index (χ1n) is 10.0. The molecule has 0 saturated carbocycles. The summed E-state index contributed by atoms with van der Waals surface area (Å²) in [6.45, 7) is 17.4. The van der Waals surface area contributed by atoms with Gasteiger partial charge in [0.2, 0.25) is 5.91 Å². The van der Waals surface area contributed by atoms with Crippen LogP contribution in [0.1, 0.15) is 62.3 Å². The molecule has 0 aromatic carbocycles. The summed E-state index contributed by atoms with van der Waals surface area (Å²) in [7, 11) is 1.63. The van der Waals surface area contributed by atoms with Gasteiger partial charge in [0, 0.05) is 19.1 Å². The van der Waals surface area contributed by atoms with Crippen LogP contribution in [-0.2, 0) is 14.3 Å². The Hall–Kier alpha value is -2.03. The molecule has 1 aliphatic rings. The van der Waals surface area contributed by atoms with Crippen LogP contribution in [0.5, 0.6) is 0 Å². The topological polar surface area (TPSA) is 104 Å². The molecule has 0 bridgehead atoms. The number of guanidine groups is 1. The Morgan fingerprint density at radius 2 is 1.72 bits per heavy atom. The fourth-order valence-electron chi connectivity index (χ4n) is 3.17. The first-order valence-corrected chi connectivity index (χ1v) is 10.0. The Balaban J connectivity index is 2.75. The molecule has 0 radical (unpaired) electrons. The lowest BCUT2D eigenvalue weighted by atomic mass is 10.1. The van der Waals surface area contributed by atoms with E-state index in [2.05, 4.69) is 20.9 Å². The van der Waals surface area contributed by atoms with Crippen LogP contribution in [-0.4, -0.2) is 72.0 Å². The maximum atomic E-state index is 12.8. The SMILES string of the molecule is CN=C(NCC(=O)NC(C)(C)C)NCC1C(C)OC(C)(C)N1C(=O)OC(C)(C)C. The number of amides is 2. The largest absolute Gasteiger partial charge is 0.444 e. The van der Waals surface area contributed by atoms with E-state index in [-0.39, 0.29) is 30.1 Å². The molecule has 3 N–H and O–H groups in total. The molecule has 29 heavy (non-hydrogen) atoms. The molecule has 1 fully saturated rings. The van der Waals surface area contributed by atoms with Crippen molar-refractivity contribution in [3.05, 3.63) is 0 Å². The number of hydrogen-bond acceptors (Lipinski definition) is 5. The van der Waals surface area contributed by atoms with Crippen LogP contribution in [0, 0.1) is 0 Å². The zero-order chi connectivity index (χ0) is 22.6. The second-order valence-electron chi connectivity index (χ2n) is 9.79. The molecule has 0 aliphatic carbocycles. The van der Waals surface area contributed by atoms with Gasteiger partial charge in [0.25, 0.3) is 0 Å². The van der Waals surface area contributed by atoms with Crippen molar-refractivity contribution in [1.82, 2.24) is 20.9 Å². The highest BCUT2D eigenvalue weighted by molar-refractivity contribution is 5.86. The third kappa shape index (κ3) is 8.08. The van der Waals surface area contributed by atoms with E-state index < -0.39 is 17.4 Å². The molecule has 1 aliphatic heterocycles. The molecule has 0 aromatic heterocycles. The van der Waals surface area contributed by atoms with E-state index in [0.29, 0.717) is 12.5 Å². The Morgan fingerprint density at radius 3 is 2.21 bits per heavy atom. The molecular weight excluding hydrogens is 374 g/mol. The molecule has 0 spiro atoms. The summed E-state index contributed by atoms with van der Waals surface area (Å²) in [4.78, 5) is 30.6. The quantitative estimate of drug-likeness (QED) is 0.480. The summed E-state index contributed by atoms with van der Waals surface area (Å²) in [5, 5.41) is 9.04. The third-order valence-electron chi connectivity index (χ3n) is 4.15. The van der Waals surface area contributed by atoms with Crippen molar-refractivity contribution in [2.45, 2.75) is 91.3 Å². The van der Waals surface area contributed by atoms with Gasteiger partial charge in [-0.05, 0) is 62.3 Å². The Morgan fingerprint density at radius 1 is 1.14 bits per heavy atom. The standard InChI is InChI=1S/C20H39N5O4/c1-13-14(25(20(8,9)28-13)17(27)29-19(5,6)7)11-22-16(21-10)23-12-15(26)24-18(2,3)4/h13-14H,11-12H2,1-10H3,(H,24,26)(H2,21,22,23). The lowest BCUT2D eigenvalue weighted by Gasteiger charge is -2.35. The van der Waals surface area contributed by atoms with Crippen LogP contribution in [0.3, 0.4) is 0 Å². The number of nitrogens with one attached hydrogen (secondary N) is 3. The highest BCUT2D eigenvalue weighted by Crippen LogP contribution is 2.33. The summed E-state index contributed by atoms with van der Waals surface area (Å²) in [6, 6.07) is -0.262. The van der Waals surface area contributed by atoms with Crippen LogP contribution in [0.15, 0.2) is 4.99 Å². The second-order valence-corrected chi connectivity index (χ2v) is 9.79. The molecule has 1 saturated heterocycles. The Kier molecular flexibility index (Phi) is 7.93. The van der Waals surface area contributed by atoms with Crippen LogP contribution in [0.25, 0.3) is 0 Å². The van der Waals surface area contributed by atoms with E-state index in [9.17, 15) is 9.59 Å². The average molecular weight is 414 g/mol. The van der Waals surface area contributed by atoms with Crippen molar-refractivity contribution in [2.75, 3.05) is 20.1 Å². The summed E-state index contributed by atoms with van der Waals surface area (Å²) >= 11 is 0. The molecule has 1 rings (SSSR count). The molecular formula is C20H39N5O4. The van der Waals surface area contributed by atoms with Crippen molar-refractivity contribution in [1.29, 1.82) is 0 Å². The highest BCUT2D eigenvalue weighted by atomic mass is 16.6. The summed E-state index contributed by atoms with van der Waals surface area (Å²) in [6.07, 6.45) is -0.626. The van der Waals surface area contributed by atoms with E-state index >= 15 is 0 Å². The predicted molar refractivity (Wildman–Crippen MR) is 114 cm³/mol. The first-order chi connectivity index (χ1) is 13.1. The normalized spacial score (nSPS) is 22.3. The number of aliphatic imine (C=N–C) groups is 1. The van der Waals surface area contributed by atoms with Crippen LogP contribution >= 0.6 is 0 Å². The third-order valence-corrected chi connectivity index (χ3v) is 4.15. The maximum Gasteiger partial charge on any atom is 0.412 e. The second kappa shape index (κ2) is 9.19. The van der Waals surface area contributed by atoms with Crippen molar-refractivity contribution in [2.24, 2.45) is 4.99 Å². The van der Waals surface area contributed by atoms with E-state index in [4.69, 9.17) is 9.47 Å². The summed E-state index contributed by atoms with van der Waals surface area (Å²) < 4.78 is 11.6. The van der Waals surface area contributed by atoms with Gasteiger partial charge in [-0.15, -0.1) is 0 Å². The zero-order valence-electron chi connectivity index (χ0n) is 19.6. The van der Waals surface area contributed by atoms with E-state index in [1.165, 1.54) is 0 Å². The van der Waals surface area contributed by atoms with Gasteiger partial charge in [0.15, 0.2) is 5.96 Å². The molecule has 9 nitrogen and oxygen atoms in total. The average Bonchev–Trinajstić information content (AvgIpc) is 2.72. The number of ether oxygens (including phenoxy) is 2. The van der Waals surface area contributed by atoms with Crippen molar-refractivity contribution >= 4 is 18.0 Å². The van der Waals surface area contributed by atoms with E-state index in [1.54, 1.807) is 11.9 Å². The molecule has 168 valence electrons. The minimum absolute atomic E-state index is 0.0922. The van der Waals surface area contributed by atoms with Gasteiger partial charge in [-0.1, -0.05) is 0 Å². The lowest BCUT2D eigenvalue weighted by Crippen LogP contribution is -2.55. The van der Waals surface area contributed by atoms with Crippen LogP contribution in [0.2, 0.25) is 0 Å². The fraction of sp³-hybridized carbons (Fsp3) is 0.850. The van der Waals surface area contributed by atoms with E-state index in [0.717, 1.165) is 0 Å². The van der Waals surface area contributed by atoms with Gasteiger partial charge < -0.3 is 25.4 Å². The van der Waals surface area contributed by atoms with Crippen LogP contribution < -0.4 is 16.0 Å². The molecule has 9 heteroatoms. The first kappa shape index (κ1) is 25.0. The van der Waals surface area contributed by atoms with Gasteiger partial charge in [0.05, 0.1) is 18.7 Å². The number of carbonyl (C=O) groups excluding carboxylic acids is 2. The monoisotopic (exact) mass is 413 g/mol. The molecule has 1 heterocycles. The number of nitrogens with zero attached hydrogens (tertiary/aromatic N) is 2. The van der Waals surface area contributed by atoms with E-state index in [1.807, 2.05) is 62.3 Å². The predicted octanol–water partition coefficient (Wildman–Crippen LogP) is 1.83.